The van der Waals surface area contributed by atoms with Crippen LogP contribution in [-0.2, 0) is 16.0 Å². The fourth-order valence-electron chi connectivity index (χ4n) is 1.82. The molecule has 0 saturated carbocycles. The van der Waals surface area contributed by atoms with E-state index in [1.807, 2.05) is 33.0 Å². The second-order valence-corrected chi connectivity index (χ2v) is 4.69. The Morgan fingerprint density at radius 2 is 2.22 bits per heavy atom. The van der Waals surface area contributed by atoms with E-state index in [9.17, 15) is 4.79 Å². The van der Waals surface area contributed by atoms with Crippen LogP contribution in [-0.4, -0.2) is 25.7 Å². The molecule has 100 valence electrons. The van der Waals surface area contributed by atoms with Crippen LogP contribution in [0.5, 0.6) is 0 Å². The maximum Gasteiger partial charge on any atom is 0.307 e. The quantitative estimate of drug-likeness (QED) is 0.807. The number of benzene rings is 1. The minimum absolute atomic E-state index is 0.0876. The second kappa shape index (κ2) is 7.39. The van der Waals surface area contributed by atoms with Crippen molar-refractivity contribution in [3.8, 4) is 0 Å². The van der Waals surface area contributed by atoms with Gasteiger partial charge in [-0.3, -0.25) is 4.79 Å². The van der Waals surface area contributed by atoms with Gasteiger partial charge in [0.1, 0.15) is 0 Å². The van der Waals surface area contributed by atoms with Gasteiger partial charge >= 0.3 is 5.97 Å². The van der Waals surface area contributed by atoms with E-state index in [1.54, 1.807) is 0 Å². The topological polar surface area (TPSA) is 38.3 Å². The summed E-state index contributed by atoms with van der Waals surface area (Å²) < 4.78 is 4.95. The molecule has 1 N–H and O–H groups in total. The number of halogens is 1. The van der Waals surface area contributed by atoms with Crippen molar-refractivity contribution < 1.29 is 9.53 Å². The summed E-state index contributed by atoms with van der Waals surface area (Å²) in [7, 11) is 1.85. The van der Waals surface area contributed by atoms with Crippen LogP contribution in [0.4, 0.5) is 0 Å². The average Bonchev–Trinajstić information content (AvgIpc) is 2.33. The Hall–Kier alpha value is -1.06. The summed E-state index contributed by atoms with van der Waals surface area (Å²) in [6, 6.07) is 6.02. The van der Waals surface area contributed by atoms with E-state index in [0.717, 1.165) is 17.0 Å². The molecule has 1 atom stereocenters. The van der Waals surface area contributed by atoms with Gasteiger partial charge in [-0.05, 0) is 44.5 Å². The van der Waals surface area contributed by atoms with Crippen LogP contribution in [0, 0.1) is 6.92 Å². The third kappa shape index (κ3) is 4.67. The normalized spacial score (nSPS) is 12.2. The molecular formula is C14H20ClNO2. The summed E-state index contributed by atoms with van der Waals surface area (Å²) >= 11 is 5.99. The van der Waals surface area contributed by atoms with Gasteiger partial charge in [0.2, 0.25) is 0 Å². The molecule has 0 radical (unpaired) electrons. The van der Waals surface area contributed by atoms with Crippen LogP contribution in [0.1, 0.15) is 24.5 Å². The zero-order chi connectivity index (χ0) is 13.5. The number of nitrogens with one attached hydrogen (secondary N) is 1. The highest BCUT2D eigenvalue weighted by molar-refractivity contribution is 6.31. The minimum atomic E-state index is -0.164. The number of esters is 1. The molecule has 0 bridgehead atoms. The van der Waals surface area contributed by atoms with Crippen LogP contribution >= 0.6 is 11.6 Å². The molecule has 0 fully saturated rings. The smallest absolute Gasteiger partial charge is 0.307 e. The van der Waals surface area contributed by atoms with Crippen LogP contribution in [0.2, 0.25) is 5.02 Å². The first kappa shape index (κ1) is 15.0. The zero-order valence-electron chi connectivity index (χ0n) is 11.1. The summed E-state index contributed by atoms with van der Waals surface area (Å²) in [5, 5.41) is 3.91. The van der Waals surface area contributed by atoms with Crippen molar-refractivity contribution in [3.63, 3.8) is 0 Å². The molecule has 0 aliphatic rings. The first-order valence-corrected chi connectivity index (χ1v) is 6.52. The standard InChI is InChI=1S/C14H20ClNO2/c1-4-18-14(17)9-12(16-3)8-11-5-6-13(15)10(2)7-11/h5-7,12,16H,4,8-9H2,1-3H3. The number of hydrogen-bond donors (Lipinski definition) is 1. The first-order valence-electron chi connectivity index (χ1n) is 6.14. The Balaban J connectivity index is 2.62. The number of carbonyl (C=O) groups is 1. The largest absolute Gasteiger partial charge is 0.466 e. The van der Waals surface area contributed by atoms with Crippen molar-refractivity contribution in [1.82, 2.24) is 5.32 Å². The van der Waals surface area contributed by atoms with Gasteiger partial charge in [0.05, 0.1) is 13.0 Å². The zero-order valence-corrected chi connectivity index (χ0v) is 11.9. The van der Waals surface area contributed by atoms with Crippen molar-refractivity contribution in [2.45, 2.75) is 32.7 Å². The Morgan fingerprint density at radius 3 is 2.78 bits per heavy atom. The molecule has 1 aromatic carbocycles. The SMILES string of the molecule is CCOC(=O)CC(Cc1ccc(Cl)c(C)c1)NC. The van der Waals surface area contributed by atoms with Crippen molar-refractivity contribution in [1.29, 1.82) is 0 Å². The monoisotopic (exact) mass is 269 g/mol. The Labute approximate surface area is 113 Å². The molecule has 1 unspecified atom stereocenters. The van der Waals surface area contributed by atoms with Gasteiger partial charge in [0.25, 0.3) is 0 Å². The summed E-state index contributed by atoms with van der Waals surface area (Å²) in [5.74, 6) is -0.164. The number of likely N-dealkylation sites (N-methyl/N-ethyl adjacent to an activating group) is 1. The minimum Gasteiger partial charge on any atom is -0.466 e. The molecule has 3 nitrogen and oxygen atoms in total. The van der Waals surface area contributed by atoms with Crippen molar-refractivity contribution in [2.24, 2.45) is 0 Å². The van der Waals surface area contributed by atoms with Crippen LogP contribution in [0.25, 0.3) is 0 Å². The van der Waals surface area contributed by atoms with Crippen molar-refractivity contribution in [2.75, 3.05) is 13.7 Å². The lowest BCUT2D eigenvalue weighted by molar-refractivity contribution is -0.143. The van der Waals surface area contributed by atoms with Gasteiger partial charge in [-0.2, -0.15) is 0 Å². The molecule has 0 amide bonds. The third-order valence-electron chi connectivity index (χ3n) is 2.83. The van der Waals surface area contributed by atoms with Crippen molar-refractivity contribution >= 4 is 17.6 Å². The number of ether oxygens (including phenoxy) is 1. The molecule has 0 spiro atoms. The molecule has 0 aromatic heterocycles. The lowest BCUT2D eigenvalue weighted by atomic mass is 10.0. The third-order valence-corrected chi connectivity index (χ3v) is 3.26. The molecule has 1 aromatic rings. The van der Waals surface area contributed by atoms with E-state index in [4.69, 9.17) is 16.3 Å². The van der Waals surface area contributed by atoms with E-state index in [-0.39, 0.29) is 12.0 Å². The number of hydrogen-bond acceptors (Lipinski definition) is 3. The number of carbonyl (C=O) groups excluding carboxylic acids is 1. The Kier molecular flexibility index (Phi) is 6.16. The molecular weight excluding hydrogens is 250 g/mol. The molecule has 0 heterocycles. The van der Waals surface area contributed by atoms with Gasteiger partial charge in [-0.25, -0.2) is 0 Å². The van der Waals surface area contributed by atoms with Crippen LogP contribution in [0.3, 0.4) is 0 Å². The highest BCUT2D eigenvalue weighted by Gasteiger charge is 2.13. The maximum atomic E-state index is 11.4. The maximum absolute atomic E-state index is 11.4. The average molecular weight is 270 g/mol. The van der Waals surface area contributed by atoms with Crippen LogP contribution in [0.15, 0.2) is 18.2 Å². The van der Waals surface area contributed by atoms with Gasteiger partial charge in [0.15, 0.2) is 0 Å². The molecule has 4 heteroatoms. The molecule has 18 heavy (non-hydrogen) atoms. The van der Waals surface area contributed by atoms with Gasteiger partial charge in [-0.15, -0.1) is 0 Å². The molecule has 1 rings (SSSR count). The number of aryl methyl sites for hydroxylation is 1. The van der Waals surface area contributed by atoms with Crippen molar-refractivity contribution in [3.05, 3.63) is 34.3 Å². The van der Waals surface area contributed by atoms with Gasteiger partial charge < -0.3 is 10.1 Å². The highest BCUT2D eigenvalue weighted by atomic mass is 35.5. The summed E-state index contributed by atoms with van der Waals surface area (Å²) in [6.07, 6.45) is 1.17. The van der Waals surface area contributed by atoms with E-state index in [2.05, 4.69) is 11.4 Å². The van der Waals surface area contributed by atoms with E-state index in [0.29, 0.717) is 13.0 Å². The lowest BCUT2D eigenvalue weighted by Crippen LogP contribution is -2.31. The molecule has 0 aliphatic heterocycles. The van der Waals surface area contributed by atoms with E-state index >= 15 is 0 Å². The van der Waals surface area contributed by atoms with Gasteiger partial charge in [-0.1, -0.05) is 23.7 Å². The van der Waals surface area contributed by atoms with Gasteiger partial charge in [0, 0.05) is 11.1 Å². The number of rotatable bonds is 6. The van der Waals surface area contributed by atoms with E-state index < -0.39 is 0 Å². The predicted octanol–water partition coefficient (Wildman–Crippen LogP) is 2.73. The Morgan fingerprint density at radius 1 is 1.50 bits per heavy atom. The summed E-state index contributed by atoms with van der Waals surface area (Å²) in [4.78, 5) is 11.4. The summed E-state index contributed by atoms with van der Waals surface area (Å²) in [5.41, 5.74) is 2.22. The molecule has 0 aliphatic carbocycles. The predicted molar refractivity (Wildman–Crippen MR) is 74.0 cm³/mol. The second-order valence-electron chi connectivity index (χ2n) is 4.28. The fraction of sp³-hybridized carbons (Fsp3) is 0.500. The summed E-state index contributed by atoms with van der Waals surface area (Å²) in [6.45, 7) is 4.22. The Bertz CT molecular complexity index is 407. The van der Waals surface area contributed by atoms with Crippen LogP contribution < -0.4 is 5.32 Å². The fourth-order valence-corrected chi connectivity index (χ4v) is 1.93. The molecule has 0 saturated heterocycles. The lowest BCUT2D eigenvalue weighted by Gasteiger charge is -2.15. The van der Waals surface area contributed by atoms with E-state index in [1.165, 1.54) is 5.56 Å². The highest BCUT2D eigenvalue weighted by Crippen LogP contribution is 2.17. The first-order chi connectivity index (χ1) is 8.56.